The molecule has 1 aromatic heterocycles. The first-order valence-electron chi connectivity index (χ1n) is 6.46. The summed E-state index contributed by atoms with van der Waals surface area (Å²) in [5.41, 5.74) is 1.66. The van der Waals surface area contributed by atoms with Gasteiger partial charge in [0.25, 0.3) is 0 Å². The van der Waals surface area contributed by atoms with Gasteiger partial charge in [-0.1, -0.05) is 20.8 Å². The van der Waals surface area contributed by atoms with Crippen molar-refractivity contribution in [2.45, 2.75) is 53.5 Å². The average Bonchev–Trinajstić information content (AvgIpc) is 2.20. The first-order chi connectivity index (χ1) is 8.67. The molecule has 5 heteroatoms. The van der Waals surface area contributed by atoms with Crippen molar-refractivity contribution in [1.29, 1.82) is 0 Å². The maximum Gasteiger partial charge on any atom is 0.305 e. The van der Waals surface area contributed by atoms with Gasteiger partial charge in [-0.3, -0.25) is 9.78 Å². The molecule has 1 atom stereocenters. The number of carbonyl (C=O) groups is 1. The largest absolute Gasteiger partial charge is 0.481 e. The van der Waals surface area contributed by atoms with Crippen molar-refractivity contribution in [1.82, 2.24) is 9.97 Å². The summed E-state index contributed by atoms with van der Waals surface area (Å²) in [5, 5.41) is 12.2. The van der Waals surface area contributed by atoms with E-state index in [0.29, 0.717) is 5.82 Å². The lowest BCUT2D eigenvalue weighted by Gasteiger charge is -2.26. The zero-order valence-electron chi connectivity index (χ0n) is 12.3. The van der Waals surface area contributed by atoms with Crippen molar-refractivity contribution in [3.05, 3.63) is 17.6 Å². The molecule has 1 unspecified atom stereocenters. The van der Waals surface area contributed by atoms with Crippen LogP contribution in [0.2, 0.25) is 0 Å². The van der Waals surface area contributed by atoms with Crippen molar-refractivity contribution in [2.24, 2.45) is 5.41 Å². The molecule has 0 aliphatic heterocycles. The third kappa shape index (κ3) is 5.68. The van der Waals surface area contributed by atoms with Gasteiger partial charge in [0.15, 0.2) is 0 Å². The molecular formula is C14H23N3O2. The fourth-order valence-corrected chi connectivity index (χ4v) is 1.99. The highest BCUT2D eigenvalue weighted by molar-refractivity contribution is 5.68. The van der Waals surface area contributed by atoms with Crippen molar-refractivity contribution in [3.63, 3.8) is 0 Å². The van der Waals surface area contributed by atoms with Gasteiger partial charge >= 0.3 is 5.97 Å². The van der Waals surface area contributed by atoms with Gasteiger partial charge in [0.05, 0.1) is 17.8 Å². The summed E-state index contributed by atoms with van der Waals surface area (Å²) in [4.78, 5) is 19.6. The second-order valence-electron chi connectivity index (χ2n) is 6.15. The van der Waals surface area contributed by atoms with E-state index in [0.717, 1.165) is 17.8 Å². The number of nitrogens with zero attached hydrogens (tertiary/aromatic N) is 2. The highest BCUT2D eigenvalue weighted by atomic mass is 16.4. The van der Waals surface area contributed by atoms with Crippen LogP contribution < -0.4 is 5.32 Å². The Kier molecular flexibility index (Phi) is 4.86. The van der Waals surface area contributed by atoms with Crippen LogP contribution in [0.15, 0.2) is 6.20 Å². The first kappa shape index (κ1) is 15.4. The van der Waals surface area contributed by atoms with Gasteiger partial charge in [0.1, 0.15) is 5.82 Å². The molecule has 0 bridgehead atoms. The van der Waals surface area contributed by atoms with E-state index in [9.17, 15) is 4.79 Å². The van der Waals surface area contributed by atoms with E-state index in [1.54, 1.807) is 6.20 Å². The van der Waals surface area contributed by atoms with E-state index in [2.05, 4.69) is 36.1 Å². The summed E-state index contributed by atoms with van der Waals surface area (Å²) >= 11 is 0. The minimum atomic E-state index is -0.806. The second-order valence-corrected chi connectivity index (χ2v) is 6.15. The molecule has 0 saturated heterocycles. The maximum atomic E-state index is 11.0. The number of hydrogen-bond donors (Lipinski definition) is 2. The molecule has 19 heavy (non-hydrogen) atoms. The molecule has 0 aliphatic carbocycles. The van der Waals surface area contributed by atoms with Gasteiger partial charge in [-0.25, -0.2) is 4.98 Å². The minimum Gasteiger partial charge on any atom is -0.481 e. The SMILES string of the molecule is Cc1cnc(C)c(NC(CC(=O)O)CC(C)(C)C)n1. The lowest BCUT2D eigenvalue weighted by Crippen LogP contribution is -2.29. The molecule has 106 valence electrons. The molecule has 0 fully saturated rings. The summed E-state index contributed by atoms with van der Waals surface area (Å²) in [6.07, 6.45) is 2.54. The lowest BCUT2D eigenvalue weighted by molar-refractivity contribution is -0.137. The third-order valence-electron chi connectivity index (χ3n) is 2.70. The normalized spacial score (nSPS) is 13.1. The Morgan fingerprint density at radius 3 is 2.58 bits per heavy atom. The Balaban J connectivity index is 2.87. The van der Waals surface area contributed by atoms with Crippen LogP contribution in [0.5, 0.6) is 0 Å². The van der Waals surface area contributed by atoms with E-state index in [-0.39, 0.29) is 17.9 Å². The predicted molar refractivity (Wildman–Crippen MR) is 75.2 cm³/mol. The summed E-state index contributed by atoms with van der Waals surface area (Å²) in [6, 6.07) is -0.146. The van der Waals surface area contributed by atoms with Crippen molar-refractivity contribution in [2.75, 3.05) is 5.32 Å². The van der Waals surface area contributed by atoms with Crippen LogP contribution in [0.4, 0.5) is 5.82 Å². The number of anilines is 1. The fourth-order valence-electron chi connectivity index (χ4n) is 1.99. The fraction of sp³-hybridized carbons (Fsp3) is 0.643. The molecule has 2 N–H and O–H groups in total. The number of rotatable bonds is 5. The standard InChI is InChI=1S/C14H23N3O2/c1-9-8-15-10(2)13(16-9)17-11(6-12(18)19)7-14(3,4)5/h8,11H,6-7H2,1-5H3,(H,16,17)(H,18,19). The van der Waals surface area contributed by atoms with Crippen LogP contribution >= 0.6 is 0 Å². The van der Waals surface area contributed by atoms with Crippen molar-refractivity contribution >= 4 is 11.8 Å². The molecule has 0 amide bonds. The van der Waals surface area contributed by atoms with E-state index < -0.39 is 5.97 Å². The zero-order valence-corrected chi connectivity index (χ0v) is 12.3. The Hall–Kier alpha value is -1.65. The molecular weight excluding hydrogens is 242 g/mol. The molecule has 1 heterocycles. The first-order valence-corrected chi connectivity index (χ1v) is 6.46. The van der Waals surface area contributed by atoms with Crippen LogP contribution in [-0.2, 0) is 4.79 Å². The quantitative estimate of drug-likeness (QED) is 0.856. The molecule has 1 aromatic rings. The number of aromatic nitrogens is 2. The number of aryl methyl sites for hydroxylation is 2. The monoisotopic (exact) mass is 265 g/mol. The molecule has 1 rings (SSSR count). The summed E-state index contributed by atoms with van der Waals surface area (Å²) in [6.45, 7) is 10.0. The van der Waals surface area contributed by atoms with Crippen LogP contribution in [0.25, 0.3) is 0 Å². The number of carboxylic acid groups (broad SMARTS) is 1. The smallest absolute Gasteiger partial charge is 0.305 e. The molecule has 5 nitrogen and oxygen atoms in total. The Labute approximate surface area is 114 Å². The van der Waals surface area contributed by atoms with Crippen LogP contribution in [0.3, 0.4) is 0 Å². The van der Waals surface area contributed by atoms with Gasteiger partial charge in [0, 0.05) is 12.2 Å². The van der Waals surface area contributed by atoms with Gasteiger partial charge in [0.2, 0.25) is 0 Å². The van der Waals surface area contributed by atoms with Crippen LogP contribution in [0.1, 0.15) is 45.0 Å². The second kappa shape index (κ2) is 5.99. The minimum absolute atomic E-state index is 0.0538. The maximum absolute atomic E-state index is 11.0. The highest BCUT2D eigenvalue weighted by Crippen LogP contribution is 2.24. The Morgan fingerprint density at radius 1 is 1.42 bits per heavy atom. The van der Waals surface area contributed by atoms with Gasteiger partial charge in [-0.2, -0.15) is 0 Å². The molecule has 0 spiro atoms. The number of nitrogens with one attached hydrogen (secondary N) is 1. The average molecular weight is 265 g/mol. The number of hydrogen-bond acceptors (Lipinski definition) is 4. The summed E-state index contributed by atoms with van der Waals surface area (Å²) in [7, 11) is 0. The number of aliphatic carboxylic acids is 1. The van der Waals surface area contributed by atoms with Crippen LogP contribution in [0, 0.1) is 19.3 Å². The topological polar surface area (TPSA) is 75.1 Å². The van der Waals surface area contributed by atoms with E-state index in [4.69, 9.17) is 5.11 Å². The van der Waals surface area contributed by atoms with Gasteiger partial charge < -0.3 is 10.4 Å². The summed E-state index contributed by atoms with van der Waals surface area (Å²) in [5.74, 6) is -0.129. The van der Waals surface area contributed by atoms with Gasteiger partial charge in [-0.15, -0.1) is 0 Å². The lowest BCUT2D eigenvalue weighted by atomic mass is 9.87. The summed E-state index contributed by atoms with van der Waals surface area (Å²) < 4.78 is 0. The molecule has 0 aliphatic rings. The molecule has 0 radical (unpaired) electrons. The van der Waals surface area contributed by atoms with Crippen LogP contribution in [-0.4, -0.2) is 27.1 Å². The highest BCUT2D eigenvalue weighted by Gasteiger charge is 2.22. The zero-order chi connectivity index (χ0) is 14.6. The van der Waals surface area contributed by atoms with Gasteiger partial charge in [-0.05, 0) is 25.7 Å². The van der Waals surface area contributed by atoms with E-state index in [1.165, 1.54) is 0 Å². The van der Waals surface area contributed by atoms with E-state index in [1.807, 2.05) is 13.8 Å². The molecule has 0 aromatic carbocycles. The Bertz CT molecular complexity index is 452. The predicted octanol–water partition coefficient (Wildman–Crippen LogP) is 2.78. The van der Waals surface area contributed by atoms with Crippen molar-refractivity contribution in [3.8, 4) is 0 Å². The number of carboxylic acids is 1. The molecule has 0 saturated carbocycles. The third-order valence-corrected chi connectivity index (χ3v) is 2.70. The van der Waals surface area contributed by atoms with Crippen molar-refractivity contribution < 1.29 is 9.90 Å². The Morgan fingerprint density at radius 2 is 2.05 bits per heavy atom. The van der Waals surface area contributed by atoms with E-state index >= 15 is 0 Å².